The van der Waals surface area contributed by atoms with Crippen LogP contribution in [0.4, 0.5) is 0 Å². The zero-order valence-corrected chi connectivity index (χ0v) is 15.4. The molecular weight excluding hydrogens is 358 g/mol. The van der Waals surface area contributed by atoms with Gasteiger partial charge in [-0.05, 0) is 43.5 Å². The van der Waals surface area contributed by atoms with Crippen LogP contribution in [0.1, 0.15) is 44.6 Å². The van der Waals surface area contributed by atoms with Crippen LogP contribution in [0.5, 0.6) is 11.5 Å². The van der Waals surface area contributed by atoms with Crippen molar-refractivity contribution < 1.29 is 23.8 Å². The van der Waals surface area contributed by atoms with Gasteiger partial charge in [0, 0.05) is 12.1 Å². The second-order valence-corrected chi connectivity index (χ2v) is 6.90. The van der Waals surface area contributed by atoms with Gasteiger partial charge in [-0.15, -0.1) is 0 Å². The molecule has 0 spiro atoms. The standard InChI is InChI=1S/C19H22ClNO5/c1-12(19(23)21-14-5-3-2-4-6-14)26-17(22)8-7-13-9-15(20)18-16(10-13)24-11-25-18/h7-10,12,14H,2-6,11H2,1H3,(H,21,23)/b8-7+/t12-/m1/s1. The van der Waals surface area contributed by atoms with E-state index in [-0.39, 0.29) is 18.7 Å². The van der Waals surface area contributed by atoms with Crippen LogP contribution in [0.15, 0.2) is 18.2 Å². The van der Waals surface area contributed by atoms with Gasteiger partial charge in [-0.1, -0.05) is 30.9 Å². The lowest BCUT2D eigenvalue weighted by molar-refractivity contribution is -0.150. The molecule has 1 aromatic rings. The number of hydrogen-bond donors (Lipinski definition) is 1. The summed E-state index contributed by atoms with van der Waals surface area (Å²) >= 11 is 6.10. The molecule has 1 heterocycles. The topological polar surface area (TPSA) is 73.9 Å². The average molecular weight is 380 g/mol. The Morgan fingerprint density at radius 2 is 2.04 bits per heavy atom. The summed E-state index contributed by atoms with van der Waals surface area (Å²) < 4.78 is 15.7. The van der Waals surface area contributed by atoms with Gasteiger partial charge in [-0.2, -0.15) is 0 Å². The van der Waals surface area contributed by atoms with Crippen molar-refractivity contribution in [3.8, 4) is 11.5 Å². The van der Waals surface area contributed by atoms with Gasteiger partial charge in [-0.3, -0.25) is 4.79 Å². The summed E-state index contributed by atoms with van der Waals surface area (Å²) in [6.45, 7) is 1.69. The van der Waals surface area contributed by atoms with E-state index in [1.165, 1.54) is 12.5 Å². The molecule has 0 bridgehead atoms. The number of rotatable bonds is 5. The van der Waals surface area contributed by atoms with E-state index < -0.39 is 12.1 Å². The van der Waals surface area contributed by atoms with Gasteiger partial charge in [0.1, 0.15) is 0 Å². The molecule has 1 atom stereocenters. The highest BCUT2D eigenvalue weighted by molar-refractivity contribution is 6.32. The van der Waals surface area contributed by atoms with E-state index in [0.29, 0.717) is 22.1 Å². The van der Waals surface area contributed by atoms with Crippen molar-refractivity contribution in [1.82, 2.24) is 5.32 Å². The lowest BCUT2D eigenvalue weighted by Gasteiger charge is -2.24. The van der Waals surface area contributed by atoms with E-state index in [0.717, 1.165) is 25.7 Å². The second kappa shape index (κ2) is 8.45. The maximum absolute atomic E-state index is 12.1. The molecule has 26 heavy (non-hydrogen) atoms. The molecule has 1 N–H and O–H groups in total. The molecule has 0 unspecified atom stereocenters. The Balaban J connectivity index is 1.52. The number of ether oxygens (including phenoxy) is 3. The summed E-state index contributed by atoms with van der Waals surface area (Å²) in [6, 6.07) is 3.57. The number of benzene rings is 1. The Kier molecular flexibility index (Phi) is 6.04. The summed E-state index contributed by atoms with van der Waals surface area (Å²) in [5, 5.41) is 3.36. The number of esters is 1. The highest BCUT2D eigenvalue weighted by Gasteiger charge is 2.22. The van der Waals surface area contributed by atoms with Crippen molar-refractivity contribution in [3.05, 3.63) is 28.8 Å². The van der Waals surface area contributed by atoms with Gasteiger partial charge < -0.3 is 19.5 Å². The predicted molar refractivity (Wildman–Crippen MR) is 97.2 cm³/mol. The summed E-state index contributed by atoms with van der Waals surface area (Å²) in [7, 11) is 0. The fourth-order valence-electron chi connectivity index (χ4n) is 3.08. The van der Waals surface area contributed by atoms with Crippen molar-refractivity contribution in [2.45, 2.75) is 51.2 Å². The number of amides is 1. The molecule has 3 rings (SSSR count). The number of hydrogen-bond acceptors (Lipinski definition) is 5. The van der Waals surface area contributed by atoms with Gasteiger partial charge >= 0.3 is 5.97 Å². The van der Waals surface area contributed by atoms with Crippen LogP contribution >= 0.6 is 11.6 Å². The highest BCUT2D eigenvalue weighted by Crippen LogP contribution is 2.40. The van der Waals surface area contributed by atoms with E-state index in [4.69, 9.17) is 25.8 Å². The van der Waals surface area contributed by atoms with Crippen LogP contribution in [0.2, 0.25) is 5.02 Å². The Morgan fingerprint density at radius 1 is 1.27 bits per heavy atom. The number of carbonyl (C=O) groups is 2. The van der Waals surface area contributed by atoms with Crippen LogP contribution in [0.25, 0.3) is 6.08 Å². The van der Waals surface area contributed by atoms with E-state index in [2.05, 4.69) is 5.32 Å². The number of nitrogens with one attached hydrogen (secondary N) is 1. The average Bonchev–Trinajstić information content (AvgIpc) is 3.10. The third-order valence-electron chi connectivity index (χ3n) is 4.48. The molecule has 1 saturated carbocycles. The number of halogens is 1. The normalized spacial score (nSPS) is 17.9. The Hall–Kier alpha value is -2.21. The van der Waals surface area contributed by atoms with Gasteiger partial charge in [-0.25, -0.2) is 4.79 Å². The Bertz CT molecular complexity index is 712. The molecule has 2 aliphatic rings. The van der Waals surface area contributed by atoms with Crippen molar-refractivity contribution >= 4 is 29.6 Å². The predicted octanol–water partition coefficient (Wildman–Crippen LogP) is 3.46. The quantitative estimate of drug-likeness (QED) is 0.626. The lowest BCUT2D eigenvalue weighted by Crippen LogP contribution is -2.42. The van der Waals surface area contributed by atoms with Crippen LogP contribution in [-0.2, 0) is 14.3 Å². The van der Waals surface area contributed by atoms with Crippen LogP contribution in [0, 0.1) is 0 Å². The monoisotopic (exact) mass is 379 g/mol. The Labute approximate surface area is 157 Å². The van der Waals surface area contributed by atoms with Gasteiger partial charge in [0.25, 0.3) is 5.91 Å². The maximum Gasteiger partial charge on any atom is 0.331 e. The minimum atomic E-state index is -0.839. The molecule has 1 aliphatic heterocycles. The molecule has 1 aromatic carbocycles. The van der Waals surface area contributed by atoms with E-state index in [1.54, 1.807) is 25.1 Å². The number of carbonyl (C=O) groups excluding carboxylic acids is 2. The van der Waals surface area contributed by atoms with Crippen LogP contribution in [-0.4, -0.2) is 30.8 Å². The fourth-order valence-corrected chi connectivity index (χ4v) is 3.35. The zero-order valence-electron chi connectivity index (χ0n) is 14.6. The molecule has 1 fully saturated rings. The van der Waals surface area contributed by atoms with E-state index in [1.807, 2.05) is 0 Å². The van der Waals surface area contributed by atoms with Crippen LogP contribution < -0.4 is 14.8 Å². The number of fused-ring (bicyclic) bond motifs is 1. The lowest BCUT2D eigenvalue weighted by atomic mass is 9.95. The third-order valence-corrected chi connectivity index (χ3v) is 4.76. The largest absolute Gasteiger partial charge is 0.454 e. The molecule has 0 saturated heterocycles. The highest BCUT2D eigenvalue weighted by atomic mass is 35.5. The molecule has 0 radical (unpaired) electrons. The van der Waals surface area contributed by atoms with Gasteiger partial charge in [0.15, 0.2) is 17.6 Å². The first-order valence-corrected chi connectivity index (χ1v) is 9.19. The molecule has 0 aromatic heterocycles. The molecule has 6 nitrogen and oxygen atoms in total. The molecule has 7 heteroatoms. The fraction of sp³-hybridized carbons (Fsp3) is 0.474. The molecule has 1 amide bonds. The van der Waals surface area contributed by atoms with Gasteiger partial charge in [0.2, 0.25) is 6.79 Å². The Morgan fingerprint density at radius 3 is 2.81 bits per heavy atom. The van der Waals surface area contributed by atoms with Crippen molar-refractivity contribution in [3.63, 3.8) is 0 Å². The first kappa shape index (κ1) is 18.6. The summed E-state index contributed by atoms with van der Waals surface area (Å²) in [5.41, 5.74) is 0.676. The maximum atomic E-state index is 12.1. The first-order valence-electron chi connectivity index (χ1n) is 8.81. The minimum absolute atomic E-state index is 0.123. The van der Waals surface area contributed by atoms with E-state index in [9.17, 15) is 9.59 Å². The van der Waals surface area contributed by atoms with Gasteiger partial charge in [0.05, 0.1) is 5.02 Å². The van der Waals surface area contributed by atoms with Crippen LogP contribution in [0.3, 0.4) is 0 Å². The zero-order chi connectivity index (χ0) is 18.5. The molecule has 140 valence electrons. The van der Waals surface area contributed by atoms with Crippen molar-refractivity contribution in [2.75, 3.05) is 6.79 Å². The summed E-state index contributed by atoms with van der Waals surface area (Å²) in [5.74, 6) is 0.181. The SMILES string of the molecule is C[C@@H](OC(=O)/C=C/c1cc(Cl)c2c(c1)OCO2)C(=O)NC1CCCCC1. The minimum Gasteiger partial charge on any atom is -0.454 e. The second-order valence-electron chi connectivity index (χ2n) is 6.49. The summed E-state index contributed by atoms with van der Waals surface area (Å²) in [6.07, 6.45) is 7.41. The summed E-state index contributed by atoms with van der Waals surface area (Å²) in [4.78, 5) is 24.1. The van der Waals surface area contributed by atoms with Crippen molar-refractivity contribution in [1.29, 1.82) is 0 Å². The smallest absolute Gasteiger partial charge is 0.331 e. The molecular formula is C19H22ClNO5. The van der Waals surface area contributed by atoms with E-state index >= 15 is 0 Å². The third kappa shape index (κ3) is 4.69. The molecule has 1 aliphatic carbocycles. The first-order chi connectivity index (χ1) is 12.5. The van der Waals surface area contributed by atoms with Crippen molar-refractivity contribution in [2.24, 2.45) is 0 Å².